The van der Waals surface area contributed by atoms with E-state index in [9.17, 15) is 0 Å². The molecule has 0 unspecified atom stereocenters. The molecule has 2 aromatic rings. The van der Waals surface area contributed by atoms with Gasteiger partial charge in [0, 0.05) is 25.1 Å². The fourth-order valence-corrected chi connectivity index (χ4v) is 3.22. The molecule has 90 valence electrons. The highest BCUT2D eigenvalue weighted by Crippen LogP contribution is 2.31. The Morgan fingerprint density at radius 3 is 2.82 bits per heavy atom. The molecule has 4 heteroatoms. The van der Waals surface area contributed by atoms with Gasteiger partial charge in [-0.1, -0.05) is 12.1 Å². The molecule has 1 saturated heterocycles. The lowest BCUT2D eigenvalue weighted by Gasteiger charge is -2.31. The van der Waals surface area contributed by atoms with E-state index in [2.05, 4.69) is 33.5 Å². The number of rotatable bonds is 2. The van der Waals surface area contributed by atoms with Crippen LogP contribution in [-0.4, -0.2) is 29.2 Å². The Kier molecular flexibility index (Phi) is 2.99. The highest BCUT2D eigenvalue weighted by Gasteiger charge is 2.21. The van der Waals surface area contributed by atoms with Crippen LogP contribution in [0.15, 0.2) is 24.3 Å². The van der Waals surface area contributed by atoms with Crippen molar-refractivity contribution in [3.05, 3.63) is 24.3 Å². The van der Waals surface area contributed by atoms with Crippen molar-refractivity contribution in [2.24, 2.45) is 5.92 Å². The molecule has 0 saturated carbocycles. The predicted octanol–water partition coefficient (Wildman–Crippen LogP) is 2.51. The summed E-state index contributed by atoms with van der Waals surface area (Å²) >= 11 is 1.57. The maximum Gasteiger partial charge on any atom is 0.150 e. The van der Waals surface area contributed by atoms with E-state index >= 15 is 0 Å². The van der Waals surface area contributed by atoms with Crippen LogP contribution in [0.5, 0.6) is 0 Å². The van der Waals surface area contributed by atoms with E-state index in [-0.39, 0.29) is 0 Å². The molecule has 1 aromatic heterocycles. The van der Waals surface area contributed by atoms with Crippen molar-refractivity contribution < 1.29 is 5.11 Å². The minimum atomic E-state index is 0.325. The number of aromatic nitrogens is 1. The first-order valence-electron chi connectivity index (χ1n) is 6.08. The summed E-state index contributed by atoms with van der Waals surface area (Å²) in [6, 6.07) is 8.40. The molecule has 1 aliphatic rings. The third-order valence-electron chi connectivity index (χ3n) is 3.53. The standard InChI is InChI=1S/C13H16N2OS/c16-9-10-5-7-15(8-6-10)13-11-3-1-2-4-12(11)17-14-13/h1-4,10,16H,5-9H2. The predicted molar refractivity (Wildman–Crippen MR) is 71.6 cm³/mol. The summed E-state index contributed by atoms with van der Waals surface area (Å²) in [5, 5.41) is 10.4. The van der Waals surface area contributed by atoms with Crippen molar-refractivity contribution in [1.82, 2.24) is 4.37 Å². The van der Waals surface area contributed by atoms with Gasteiger partial charge in [0.1, 0.15) is 5.82 Å². The Labute approximate surface area is 105 Å². The first-order chi connectivity index (χ1) is 8.38. The number of piperidine rings is 1. The zero-order valence-corrected chi connectivity index (χ0v) is 10.5. The smallest absolute Gasteiger partial charge is 0.150 e. The van der Waals surface area contributed by atoms with Gasteiger partial charge in [-0.2, -0.15) is 4.37 Å². The average molecular weight is 248 g/mol. The lowest BCUT2D eigenvalue weighted by molar-refractivity contribution is 0.203. The van der Waals surface area contributed by atoms with Crippen LogP contribution in [0.4, 0.5) is 5.82 Å². The lowest BCUT2D eigenvalue weighted by Crippen LogP contribution is -2.34. The van der Waals surface area contributed by atoms with E-state index in [1.54, 1.807) is 11.5 Å². The molecule has 3 rings (SSSR count). The summed E-state index contributed by atoms with van der Waals surface area (Å²) in [4.78, 5) is 2.35. The fourth-order valence-electron chi connectivity index (χ4n) is 2.43. The molecule has 3 nitrogen and oxygen atoms in total. The second kappa shape index (κ2) is 4.63. The van der Waals surface area contributed by atoms with Gasteiger partial charge in [0.15, 0.2) is 0 Å². The minimum Gasteiger partial charge on any atom is -0.396 e. The molecule has 1 fully saturated rings. The van der Waals surface area contributed by atoms with E-state index in [1.807, 2.05) is 0 Å². The zero-order chi connectivity index (χ0) is 11.7. The van der Waals surface area contributed by atoms with Crippen LogP contribution >= 0.6 is 11.5 Å². The second-order valence-electron chi connectivity index (χ2n) is 4.62. The lowest BCUT2D eigenvalue weighted by atomic mass is 9.98. The molecule has 0 spiro atoms. The van der Waals surface area contributed by atoms with Crippen LogP contribution in [0.25, 0.3) is 10.1 Å². The van der Waals surface area contributed by atoms with Gasteiger partial charge in [-0.15, -0.1) is 0 Å². The van der Waals surface area contributed by atoms with Gasteiger partial charge in [-0.25, -0.2) is 0 Å². The van der Waals surface area contributed by atoms with Crippen molar-refractivity contribution in [3.8, 4) is 0 Å². The number of nitrogens with zero attached hydrogens (tertiary/aromatic N) is 2. The Morgan fingerprint density at radius 1 is 1.29 bits per heavy atom. The normalized spacial score (nSPS) is 17.8. The number of fused-ring (bicyclic) bond motifs is 1. The molecule has 0 amide bonds. The topological polar surface area (TPSA) is 36.4 Å². The van der Waals surface area contributed by atoms with Crippen molar-refractivity contribution >= 4 is 27.4 Å². The summed E-state index contributed by atoms with van der Waals surface area (Å²) < 4.78 is 5.83. The molecule has 0 radical (unpaired) electrons. The zero-order valence-electron chi connectivity index (χ0n) is 9.67. The molecule has 0 atom stereocenters. The maximum atomic E-state index is 9.15. The van der Waals surface area contributed by atoms with Gasteiger partial charge >= 0.3 is 0 Å². The summed E-state index contributed by atoms with van der Waals surface area (Å²) in [5.41, 5.74) is 0. The SMILES string of the molecule is OCC1CCN(c2nsc3ccccc23)CC1. The van der Waals surface area contributed by atoms with Crippen LogP contribution in [0.3, 0.4) is 0 Å². The summed E-state index contributed by atoms with van der Waals surface area (Å²) in [6.45, 7) is 2.35. The Bertz CT molecular complexity index is 503. The first kappa shape index (κ1) is 11.0. The number of hydrogen-bond donors (Lipinski definition) is 1. The largest absolute Gasteiger partial charge is 0.396 e. The molecular formula is C13H16N2OS. The van der Waals surface area contributed by atoms with Crippen molar-refractivity contribution in [3.63, 3.8) is 0 Å². The van der Waals surface area contributed by atoms with Crippen molar-refractivity contribution in [2.75, 3.05) is 24.6 Å². The van der Waals surface area contributed by atoms with E-state index < -0.39 is 0 Å². The van der Waals surface area contributed by atoms with E-state index in [0.717, 1.165) is 31.7 Å². The van der Waals surface area contributed by atoms with Crippen LogP contribution in [0.1, 0.15) is 12.8 Å². The Hall–Kier alpha value is -1.13. The van der Waals surface area contributed by atoms with E-state index in [1.165, 1.54) is 10.1 Å². The van der Waals surface area contributed by atoms with Gasteiger partial charge < -0.3 is 10.0 Å². The second-order valence-corrected chi connectivity index (χ2v) is 5.42. The third kappa shape index (κ3) is 2.03. The Balaban J connectivity index is 1.85. The van der Waals surface area contributed by atoms with Gasteiger partial charge in [0.2, 0.25) is 0 Å². The van der Waals surface area contributed by atoms with Crippen molar-refractivity contribution in [1.29, 1.82) is 0 Å². The molecular weight excluding hydrogens is 232 g/mol. The molecule has 17 heavy (non-hydrogen) atoms. The summed E-state index contributed by atoms with van der Waals surface area (Å²) in [5.74, 6) is 1.61. The van der Waals surface area contributed by atoms with Crippen LogP contribution < -0.4 is 4.90 Å². The number of aliphatic hydroxyl groups excluding tert-OH is 1. The fraction of sp³-hybridized carbons (Fsp3) is 0.462. The average Bonchev–Trinajstić information content (AvgIpc) is 2.83. The first-order valence-corrected chi connectivity index (χ1v) is 6.86. The van der Waals surface area contributed by atoms with E-state index in [4.69, 9.17) is 5.11 Å². The highest BCUT2D eigenvalue weighted by atomic mass is 32.1. The molecule has 0 aliphatic carbocycles. The van der Waals surface area contributed by atoms with Crippen LogP contribution in [-0.2, 0) is 0 Å². The van der Waals surface area contributed by atoms with Gasteiger partial charge in [0.25, 0.3) is 0 Å². The molecule has 1 aliphatic heterocycles. The maximum absolute atomic E-state index is 9.15. The quantitative estimate of drug-likeness (QED) is 0.887. The molecule has 2 heterocycles. The van der Waals surface area contributed by atoms with Gasteiger partial charge in [0.05, 0.1) is 4.70 Å². The minimum absolute atomic E-state index is 0.325. The molecule has 1 N–H and O–H groups in total. The van der Waals surface area contributed by atoms with E-state index in [0.29, 0.717) is 12.5 Å². The number of benzene rings is 1. The number of aliphatic hydroxyl groups is 1. The van der Waals surface area contributed by atoms with Crippen molar-refractivity contribution in [2.45, 2.75) is 12.8 Å². The third-order valence-corrected chi connectivity index (χ3v) is 4.35. The highest BCUT2D eigenvalue weighted by molar-refractivity contribution is 7.13. The monoisotopic (exact) mass is 248 g/mol. The van der Waals surface area contributed by atoms with Gasteiger partial charge in [-0.3, -0.25) is 0 Å². The van der Waals surface area contributed by atoms with Crippen LogP contribution in [0, 0.1) is 5.92 Å². The number of anilines is 1. The summed E-state index contributed by atoms with van der Waals surface area (Å²) in [7, 11) is 0. The molecule has 0 bridgehead atoms. The van der Waals surface area contributed by atoms with Gasteiger partial charge in [-0.05, 0) is 42.4 Å². The Morgan fingerprint density at radius 2 is 2.06 bits per heavy atom. The summed E-state index contributed by atoms with van der Waals surface area (Å²) in [6.07, 6.45) is 2.14. The molecule has 1 aromatic carbocycles. The number of hydrogen-bond acceptors (Lipinski definition) is 4. The van der Waals surface area contributed by atoms with Crippen LogP contribution in [0.2, 0.25) is 0 Å².